The van der Waals surface area contributed by atoms with Gasteiger partial charge in [-0.1, -0.05) is 48.5 Å². The summed E-state index contributed by atoms with van der Waals surface area (Å²) in [7, 11) is 0. The number of carboxylic acids is 1. The SMILES string of the molecule is N[C@@H](CS)C(=O)N(c1ccccc1)[C@@H](Cc1ccccc1)C(=O)O. The standard InChI is InChI=1S/C18H20N2O3S/c19-15(12-24)17(21)20(14-9-5-2-6-10-14)16(18(22)23)11-13-7-3-1-4-8-13/h1-10,15-16,24H,11-12,19H2,(H,22,23)/t15-,16-/m0/s1. The molecule has 2 atom stereocenters. The molecule has 126 valence electrons. The van der Waals surface area contributed by atoms with Gasteiger partial charge in [-0.05, 0) is 17.7 Å². The van der Waals surface area contributed by atoms with Crippen molar-refractivity contribution in [2.75, 3.05) is 10.7 Å². The summed E-state index contributed by atoms with van der Waals surface area (Å²) >= 11 is 4.06. The van der Waals surface area contributed by atoms with Crippen LogP contribution in [0.3, 0.4) is 0 Å². The largest absolute Gasteiger partial charge is 0.480 e. The lowest BCUT2D eigenvalue weighted by atomic mass is 10.0. The topological polar surface area (TPSA) is 83.6 Å². The van der Waals surface area contributed by atoms with Crippen LogP contribution >= 0.6 is 12.6 Å². The predicted octanol–water partition coefficient (Wildman–Crippen LogP) is 1.97. The molecule has 0 aromatic heterocycles. The third-order valence-corrected chi connectivity index (χ3v) is 4.05. The maximum Gasteiger partial charge on any atom is 0.327 e. The molecule has 0 aliphatic carbocycles. The number of nitrogens with zero attached hydrogens (tertiary/aromatic N) is 1. The van der Waals surface area contributed by atoms with E-state index >= 15 is 0 Å². The van der Waals surface area contributed by atoms with Crippen LogP contribution in [0.25, 0.3) is 0 Å². The van der Waals surface area contributed by atoms with Gasteiger partial charge in [-0.3, -0.25) is 9.69 Å². The van der Waals surface area contributed by atoms with Crippen molar-refractivity contribution in [2.45, 2.75) is 18.5 Å². The third-order valence-electron chi connectivity index (χ3n) is 3.65. The Kier molecular flexibility index (Phi) is 6.40. The van der Waals surface area contributed by atoms with Crippen LogP contribution in [0.1, 0.15) is 5.56 Å². The first-order valence-corrected chi connectivity index (χ1v) is 8.19. The van der Waals surface area contributed by atoms with Crippen LogP contribution in [0.5, 0.6) is 0 Å². The van der Waals surface area contributed by atoms with E-state index in [1.165, 1.54) is 4.90 Å². The molecule has 24 heavy (non-hydrogen) atoms. The molecule has 2 rings (SSSR count). The van der Waals surface area contributed by atoms with Crippen LogP contribution in [0, 0.1) is 0 Å². The number of carboxylic acid groups (broad SMARTS) is 1. The number of nitrogens with two attached hydrogens (primary N) is 1. The molecule has 3 N–H and O–H groups in total. The number of benzene rings is 2. The Hall–Kier alpha value is -2.31. The Morgan fingerprint density at radius 3 is 2.08 bits per heavy atom. The normalized spacial score (nSPS) is 13.1. The zero-order valence-corrected chi connectivity index (χ0v) is 14.0. The fourth-order valence-electron chi connectivity index (χ4n) is 2.43. The van der Waals surface area contributed by atoms with E-state index < -0.39 is 24.0 Å². The molecule has 0 spiro atoms. The Morgan fingerprint density at radius 2 is 1.58 bits per heavy atom. The van der Waals surface area contributed by atoms with E-state index in [-0.39, 0.29) is 12.2 Å². The van der Waals surface area contributed by atoms with Crippen molar-refractivity contribution in [1.82, 2.24) is 0 Å². The van der Waals surface area contributed by atoms with Gasteiger partial charge in [0, 0.05) is 17.9 Å². The molecular weight excluding hydrogens is 324 g/mol. The molecule has 0 fully saturated rings. The number of carbonyl (C=O) groups excluding carboxylic acids is 1. The summed E-state index contributed by atoms with van der Waals surface area (Å²) in [6, 6.07) is 16.0. The summed E-state index contributed by atoms with van der Waals surface area (Å²) in [4.78, 5) is 25.8. The fraction of sp³-hybridized carbons (Fsp3) is 0.222. The van der Waals surface area contributed by atoms with E-state index in [2.05, 4.69) is 12.6 Å². The molecule has 1 amide bonds. The second-order valence-corrected chi connectivity index (χ2v) is 5.74. The minimum absolute atomic E-state index is 0.139. The van der Waals surface area contributed by atoms with E-state index in [0.29, 0.717) is 5.69 Å². The number of thiol groups is 1. The Balaban J connectivity index is 2.41. The zero-order chi connectivity index (χ0) is 17.5. The lowest BCUT2D eigenvalue weighted by molar-refractivity contribution is -0.140. The molecule has 0 aliphatic heterocycles. The van der Waals surface area contributed by atoms with Gasteiger partial charge < -0.3 is 10.8 Å². The smallest absolute Gasteiger partial charge is 0.327 e. The van der Waals surface area contributed by atoms with Crippen LogP contribution in [-0.4, -0.2) is 34.8 Å². The van der Waals surface area contributed by atoms with Crippen molar-refractivity contribution in [3.8, 4) is 0 Å². The lowest BCUT2D eigenvalue weighted by Crippen LogP contribution is -2.53. The summed E-state index contributed by atoms with van der Waals surface area (Å²) in [5, 5.41) is 9.72. The summed E-state index contributed by atoms with van der Waals surface area (Å²) in [5.74, 6) is -1.40. The number of para-hydroxylation sites is 1. The number of aliphatic carboxylic acids is 1. The zero-order valence-electron chi connectivity index (χ0n) is 13.1. The molecule has 5 nitrogen and oxygen atoms in total. The van der Waals surface area contributed by atoms with Crippen molar-refractivity contribution in [1.29, 1.82) is 0 Å². The number of hydrogen-bond acceptors (Lipinski definition) is 4. The van der Waals surface area contributed by atoms with E-state index in [9.17, 15) is 14.7 Å². The third kappa shape index (κ3) is 4.37. The summed E-state index contributed by atoms with van der Waals surface area (Å²) in [6.07, 6.45) is 0.191. The summed E-state index contributed by atoms with van der Waals surface area (Å²) in [5.41, 5.74) is 7.16. The van der Waals surface area contributed by atoms with E-state index in [0.717, 1.165) is 5.56 Å². The maximum atomic E-state index is 12.7. The van der Waals surface area contributed by atoms with Crippen molar-refractivity contribution in [2.24, 2.45) is 5.73 Å². The second kappa shape index (κ2) is 8.52. The van der Waals surface area contributed by atoms with Crippen LogP contribution in [-0.2, 0) is 16.0 Å². The van der Waals surface area contributed by atoms with E-state index in [1.54, 1.807) is 30.3 Å². The molecule has 0 heterocycles. The number of anilines is 1. The monoisotopic (exact) mass is 344 g/mol. The van der Waals surface area contributed by atoms with Crippen LogP contribution in [0.4, 0.5) is 5.69 Å². The van der Waals surface area contributed by atoms with Crippen molar-refractivity contribution < 1.29 is 14.7 Å². The number of hydrogen-bond donors (Lipinski definition) is 3. The molecule has 0 saturated heterocycles. The number of rotatable bonds is 7. The molecule has 2 aromatic rings. The first-order valence-electron chi connectivity index (χ1n) is 7.56. The van der Waals surface area contributed by atoms with Crippen LogP contribution in [0.2, 0.25) is 0 Å². The Bertz CT molecular complexity index is 679. The summed E-state index contributed by atoms with van der Waals surface area (Å²) in [6.45, 7) is 0. The van der Waals surface area contributed by atoms with Crippen molar-refractivity contribution in [3.05, 3.63) is 66.2 Å². The lowest BCUT2D eigenvalue weighted by Gasteiger charge is -2.31. The minimum atomic E-state index is -1.08. The van der Waals surface area contributed by atoms with Gasteiger partial charge in [0.15, 0.2) is 0 Å². The number of carbonyl (C=O) groups is 2. The molecule has 2 aromatic carbocycles. The minimum Gasteiger partial charge on any atom is -0.480 e. The summed E-state index contributed by atoms with van der Waals surface area (Å²) < 4.78 is 0. The van der Waals surface area contributed by atoms with Crippen LogP contribution < -0.4 is 10.6 Å². The molecule has 0 saturated carbocycles. The predicted molar refractivity (Wildman–Crippen MR) is 97.3 cm³/mol. The van der Waals surface area contributed by atoms with Gasteiger partial charge in [-0.2, -0.15) is 12.6 Å². The molecular formula is C18H20N2O3S. The van der Waals surface area contributed by atoms with Gasteiger partial charge >= 0.3 is 5.97 Å². The molecule has 6 heteroatoms. The van der Waals surface area contributed by atoms with Crippen LogP contribution in [0.15, 0.2) is 60.7 Å². The first-order chi connectivity index (χ1) is 11.5. The highest BCUT2D eigenvalue weighted by Gasteiger charge is 2.33. The molecule has 0 bridgehead atoms. The highest BCUT2D eigenvalue weighted by Crippen LogP contribution is 2.21. The molecule has 0 aliphatic rings. The van der Waals surface area contributed by atoms with Gasteiger partial charge in [-0.15, -0.1) is 0 Å². The van der Waals surface area contributed by atoms with E-state index in [1.807, 2.05) is 30.3 Å². The molecule has 0 unspecified atom stereocenters. The van der Waals surface area contributed by atoms with Crippen molar-refractivity contribution in [3.63, 3.8) is 0 Å². The first kappa shape index (κ1) is 18.0. The quantitative estimate of drug-likeness (QED) is 0.671. The average molecular weight is 344 g/mol. The fourth-order valence-corrected chi connectivity index (χ4v) is 2.59. The average Bonchev–Trinajstić information content (AvgIpc) is 2.62. The van der Waals surface area contributed by atoms with Gasteiger partial charge in [0.2, 0.25) is 5.91 Å². The second-order valence-electron chi connectivity index (χ2n) is 5.38. The highest BCUT2D eigenvalue weighted by atomic mass is 32.1. The van der Waals surface area contributed by atoms with Crippen molar-refractivity contribution >= 4 is 30.2 Å². The Morgan fingerprint density at radius 1 is 1.04 bits per heavy atom. The van der Waals surface area contributed by atoms with Gasteiger partial charge in [-0.25, -0.2) is 4.79 Å². The van der Waals surface area contributed by atoms with Gasteiger partial charge in [0.1, 0.15) is 6.04 Å². The van der Waals surface area contributed by atoms with Gasteiger partial charge in [0.05, 0.1) is 6.04 Å². The number of amides is 1. The molecule has 0 radical (unpaired) electrons. The highest BCUT2D eigenvalue weighted by molar-refractivity contribution is 7.80. The maximum absolute atomic E-state index is 12.7. The van der Waals surface area contributed by atoms with E-state index in [4.69, 9.17) is 5.73 Å². The Labute approximate surface area is 146 Å². The van der Waals surface area contributed by atoms with Gasteiger partial charge in [0.25, 0.3) is 0 Å².